The number of hydrogen-bond acceptors (Lipinski definition) is 2. The molecule has 0 aliphatic heterocycles. The fraction of sp³-hybridized carbons (Fsp3) is 0.250. The molecule has 0 aliphatic carbocycles. The summed E-state index contributed by atoms with van der Waals surface area (Å²) in [5.74, 6) is 1.85. The summed E-state index contributed by atoms with van der Waals surface area (Å²) in [7, 11) is 1.95. The standard InChI is InChI=1S/C16H19NO/c1-12-6-4-5-7-15(12)18-16-10-14(11-17-3)9-8-13(16)2/h4-10,17H,11H2,1-3H3. The molecule has 0 unspecified atom stereocenters. The van der Waals surface area contributed by atoms with E-state index in [0.717, 1.165) is 29.2 Å². The van der Waals surface area contributed by atoms with Gasteiger partial charge in [0.25, 0.3) is 0 Å². The summed E-state index contributed by atoms with van der Waals surface area (Å²) < 4.78 is 6.00. The highest BCUT2D eigenvalue weighted by Crippen LogP contribution is 2.28. The van der Waals surface area contributed by atoms with E-state index in [-0.39, 0.29) is 0 Å². The Hall–Kier alpha value is -1.80. The molecule has 2 rings (SSSR count). The smallest absolute Gasteiger partial charge is 0.130 e. The van der Waals surface area contributed by atoms with Crippen molar-refractivity contribution in [1.29, 1.82) is 0 Å². The van der Waals surface area contributed by atoms with Gasteiger partial charge in [-0.3, -0.25) is 0 Å². The van der Waals surface area contributed by atoms with Crippen LogP contribution in [0.2, 0.25) is 0 Å². The molecule has 0 saturated heterocycles. The summed E-state index contributed by atoms with van der Waals surface area (Å²) in [4.78, 5) is 0. The Morgan fingerprint density at radius 3 is 2.39 bits per heavy atom. The molecule has 2 aromatic carbocycles. The van der Waals surface area contributed by atoms with Crippen LogP contribution in [0.1, 0.15) is 16.7 Å². The van der Waals surface area contributed by atoms with Gasteiger partial charge in [0.05, 0.1) is 0 Å². The van der Waals surface area contributed by atoms with Crippen LogP contribution in [0.25, 0.3) is 0 Å². The molecular weight excluding hydrogens is 222 g/mol. The topological polar surface area (TPSA) is 21.3 Å². The zero-order valence-corrected chi connectivity index (χ0v) is 11.2. The number of ether oxygens (including phenoxy) is 1. The number of hydrogen-bond donors (Lipinski definition) is 1. The lowest BCUT2D eigenvalue weighted by molar-refractivity contribution is 0.474. The highest BCUT2D eigenvalue weighted by Gasteiger charge is 2.04. The number of nitrogens with one attached hydrogen (secondary N) is 1. The quantitative estimate of drug-likeness (QED) is 0.878. The third kappa shape index (κ3) is 2.90. The van der Waals surface area contributed by atoms with Gasteiger partial charge in [0.1, 0.15) is 11.5 Å². The maximum absolute atomic E-state index is 6.00. The van der Waals surface area contributed by atoms with Gasteiger partial charge < -0.3 is 10.1 Å². The first-order valence-electron chi connectivity index (χ1n) is 6.18. The number of rotatable bonds is 4. The van der Waals surface area contributed by atoms with Crippen molar-refractivity contribution in [2.24, 2.45) is 0 Å². The highest BCUT2D eigenvalue weighted by atomic mass is 16.5. The van der Waals surface area contributed by atoms with Crippen molar-refractivity contribution in [2.75, 3.05) is 7.05 Å². The molecule has 0 aliphatic rings. The summed E-state index contributed by atoms with van der Waals surface area (Å²) in [6.45, 7) is 4.98. The highest BCUT2D eigenvalue weighted by molar-refractivity contribution is 5.42. The lowest BCUT2D eigenvalue weighted by Crippen LogP contribution is -2.05. The minimum Gasteiger partial charge on any atom is -0.457 e. The normalized spacial score (nSPS) is 10.4. The van der Waals surface area contributed by atoms with Gasteiger partial charge in [0.2, 0.25) is 0 Å². The molecule has 2 aromatic rings. The molecule has 1 N–H and O–H groups in total. The Balaban J connectivity index is 2.28. The van der Waals surface area contributed by atoms with Crippen LogP contribution in [0, 0.1) is 13.8 Å². The Morgan fingerprint density at radius 1 is 0.944 bits per heavy atom. The van der Waals surface area contributed by atoms with Crippen LogP contribution in [0.5, 0.6) is 11.5 Å². The number of para-hydroxylation sites is 1. The molecule has 0 heterocycles. The van der Waals surface area contributed by atoms with E-state index in [1.165, 1.54) is 5.56 Å². The van der Waals surface area contributed by atoms with Crippen molar-refractivity contribution >= 4 is 0 Å². The number of benzene rings is 2. The van der Waals surface area contributed by atoms with Crippen LogP contribution in [0.4, 0.5) is 0 Å². The summed E-state index contributed by atoms with van der Waals surface area (Å²) >= 11 is 0. The molecule has 2 nitrogen and oxygen atoms in total. The van der Waals surface area contributed by atoms with Gasteiger partial charge >= 0.3 is 0 Å². The first-order chi connectivity index (χ1) is 8.70. The van der Waals surface area contributed by atoms with E-state index in [2.05, 4.69) is 43.4 Å². The molecule has 0 spiro atoms. The third-order valence-corrected chi connectivity index (χ3v) is 2.95. The molecule has 2 heteroatoms. The van der Waals surface area contributed by atoms with Crippen LogP contribution in [0.15, 0.2) is 42.5 Å². The molecule has 0 atom stereocenters. The molecule has 0 saturated carbocycles. The molecule has 0 fully saturated rings. The second-order valence-corrected chi connectivity index (χ2v) is 4.50. The van der Waals surface area contributed by atoms with E-state index in [1.807, 2.05) is 25.2 Å². The van der Waals surface area contributed by atoms with E-state index in [4.69, 9.17) is 4.74 Å². The molecule has 0 amide bonds. The lowest BCUT2D eigenvalue weighted by atomic mass is 10.1. The molecule has 94 valence electrons. The minimum absolute atomic E-state index is 0.852. The van der Waals surface area contributed by atoms with Gasteiger partial charge in [-0.25, -0.2) is 0 Å². The molecule has 0 radical (unpaired) electrons. The number of aryl methyl sites for hydroxylation is 2. The van der Waals surface area contributed by atoms with Gasteiger partial charge in [0.15, 0.2) is 0 Å². The molecule has 0 bridgehead atoms. The van der Waals surface area contributed by atoms with E-state index in [1.54, 1.807) is 0 Å². The van der Waals surface area contributed by atoms with E-state index < -0.39 is 0 Å². The Kier molecular flexibility index (Phi) is 4.00. The Labute approximate surface area is 109 Å². The van der Waals surface area contributed by atoms with E-state index >= 15 is 0 Å². The maximum atomic E-state index is 6.00. The van der Waals surface area contributed by atoms with Gasteiger partial charge in [-0.2, -0.15) is 0 Å². The predicted octanol–water partition coefficient (Wildman–Crippen LogP) is 3.82. The molecular formula is C16H19NO. The van der Waals surface area contributed by atoms with Crippen LogP contribution in [0.3, 0.4) is 0 Å². The van der Waals surface area contributed by atoms with Crippen molar-refractivity contribution in [3.8, 4) is 11.5 Å². The first-order valence-corrected chi connectivity index (χ1v) is 6.18. The van der Waals surface area contributed by atoms with Gasteiger partial charge in [-0.1, -0.05) is 30.3 Å². The van der Waals surface area contributed by atoms with Gasteiger partial charge in [-0.15, -0.1) is 0 Å². The third-order valence-electron chi connectivity index (χ3n) is 2.95. The molecule has 0 aromatic heterocycles. The second-order valence-electron chi connectivity index (χ2n) is 4.50. The van der Waals surface area contributed by atoms with Crippen LogP contribution >= 0.6 is 0 Å². The van der Waals surface area contributed by atoms with Crippen LogP contribution < -0.4 is 10.1 Å². The first kappa shape index (κ1) is 12.7. The zero-order valence-electron chi connectivity index (χ0n) is 11.2. The van der Waals surface area contributed by atoms with Crippen LogP contribution in [-0.4, -0.2) is 7.05 Å². The summed E-state index contributed by atoms with van der Waals surface area (Å²) in [5, 5.41) is 3.15. The van der Waals surface area contributed by atoms with Crippen molar-refractivity contribution in [2.45, 2.75) is 20.4 Å². The Bertz CT molecular complexity index is 534. The van der Waals surface area contributed by atoms with Crippen LogP contribution in [-0.2, 0) is 6.54 Å². The average molecular weight is 241 g/mol. The minimum atomic E-state index is 0.852. The van der Waals surface area contributed by atoms with E-state index in [9.17, 15) is 0 Å². The largest absolute Gasteiger partial charge is 0.457 e. The van der Waals surface area contributed by atoms with Gasteiger partial charge in [-0.05, 0) is 49.7 Å². The second kappa shape index (κ2) is 5.69. The van der Waals surface area contributed by atoms with Crippen molar-refractivity contribution in [3.05, 3.63) is 59.2 Å². The molecule has 18 heavy (non-hydrogen) atoms. The van der Waals surface area contributed by atoms with Crippen molar-refractivity contribution < 1.29 is 4.74 Å². The fourth-order valence-electron chi connectivity index (χ4n) is 1.86. The summed E-state index contributed by atoms with van der Waals surface area (Å²) in [6.07, 6.45) is 0. The monoisotopic (exact) mass is 241 g/mol. The average Bonchev–Trinajstić information content (AvgIpc) is 2.36. The summed E-state index contributed by atoms with van der Waals surface area (Å²) in [5.41, 5.74) is 3.53. The van der Waals surface area contributed by atoms with Crippen molar-refractivity contribution in [1.82, 2.24) is 5.32 Å². The summed E-state index contributed by atoms with van der Waals surface area (Å²) in [6, 6.07) is 14.4. The van der Waals surface area contributed by atoms with E-state index in [0.29, 0.717) is 0 Å². The van der Waals surface area contributed by atoms with Crippen molar-refractivity contribution in [3.63, 3.8) is 0 Å². The van der Waals surface area contributed by atoms with Gasteiger partial charge in [0, 0.05) is 6.54 Å². The maximum Gasteiger partial charge on any atom is 0.130 e. The zero-order chi connectivity index (χ0) is 13.0. The SMILES string of the molecule is CNCc1ccc(C)c(Oc2ccccc2C)c1. The Morgan fingerprint density at radius 2 is 1.67 bits per heavy atom. The fourth-order valence-corrected chi connectivity index (χ4v) is 1.86. The lowest BCUT2D eigenvalue weighted by Gasteiger charge is -2.12. The predicted molar refractivity (Wildman–Crippen MR) is 75.2 cm³/mol.